The van der Waals surface area contributed by atoms with Crippen LogP contribution in [0.25, 0.3) is 0 Å². The molecule has 2 aromatic rings. The minimum atomic E-state index is -4.55. The first-order chi connectivity index (χ1) is 13.2. The van der Waals surface area contributed by atoms with E-state index in [-0.39, 0.29) is 23.4 Å². The number of furan rings is 1. The molecule has 2 amide bonds. The highest BCUT2D eigenvalue weighted by molar-refractivity contribution is 5.95. The lowest BCUT2D eigenvalue weighted by Gasteiger charge is -2.35. The van der Waals surface area contributed by atoms with Crippen molar-refractivity contribution in [3.05, 3.63) is 70.8 Å². The molecule has 0 spiro atoms. The summed E-state index contributed by atoms with van der Waals surface area (Å²) in [7, 11) is 1.17. The van der Waals surface area contributed by atoms with Gasteiger partial charge in [-0.05, 0) is 36.8 Å². The number of hydrogen-bond donors (Lipinski definition) is 1. The molecule has 0 aliphatic carbocycles. The van der Waals surface area contributed by atoms with Gasteiger partial charge in [0.25, 0.3) is 0 Å². The fourth-order valence-corrected chi connectivity index (χ4v) is 3.05. The van der Waals surface area contributed by atoms with Crippen molar-refractivity contribution < 1.29 is 31.9 Å². The molecule has 3 rings (SSSR count). The van der Waals surface area contributed by atoms with Gasteiger partial charge in [-0.25, -0.2) is 9.59 Å². The van der Waals surface area contributed by atoms with Crippen LogP contribution in [0.4, 0.5) is 18.0 Å². The summed E-state index contributed by atoms with van der Waals surface area (Å²) < 4.78 is 49.3. The molecule has 2 heterocycles. The van der Waals surface area contributed by atoms with Crippen LogP contribution in [0.2, 0.25) is 0 Å². The van der Waals surface area contributed by atoms with Gasteiger partial charge < -0.3 is 14.5 Å². The van der Waals surface area contributed by atoms with E-state index in [1.807, 2.05) is 0 Å². The summed E-state index contributed by atoms with van der Waals surface area (Å²) in [6, 6.07) is 6.15. The monoisotopic (exact) mass is 394 g/mol. The van der Waals surface area contributed by atoms with E-state index < -0.39 is 29.8 Å². The van der Waals surface area contributed by atoms with Crippen LogP contribution in [0.3, 0.4) is 0 Å². The lowest BCUT2D eigenvalue weighted by molar-refractivity contribution is -0.137. The van der Waals surface area contributed by atoms with Gasteiger partial charge in [0.05, 0.1) is 37.1 Å². The topological polar surface area (TPSA) is 71.8 Å². The zero-order valence-corrected chi connectivity index (χ0v) is 15.0. The maximum atomic E-state index is 13.1. The van der Waals surface area contributed by atoms with Crippen LogP contribution < -0.4 is 5.32 Å². The molecule has 148 valence electrons. The van der Waals surface area contributed by atoms with E-state index in [4.69, 9.17) is 9.15 Å². The van der Waals surface area contributed by atoms with Crippen LogP contribution in [0.1, 0.15) is 29.9 Å². The molecule has 1 atom stereocenters. The number of allylic oxidation sites excluding steroid dienone is 1. The lowest BCUT2D eigenvalue weighted by Crippen LogP contribution is -2.47. The van der Waals surface area contributed by atoms with Crippen LogP contribution in [0.15, 0.2) is 58.3 Å². The van der Waals surface area contributed by atoms with Gasteiger partial charge in [-0.3, -0.25) is 4.90 Å². The summed E-state index contributed by atoms with van der Waals surface area (Å²) in [4.78, 5) is 26.3. The van der Waals surface area contributed by atoms with Crippen LogP contribution in [-0.4, -0.2) is 24.0 Å². The Morgan fingerprint density at radius 3 is 2.64 bits per heavy atom. The number of hydrogen-bond acceptors (Lipinski definition) is 4. The van der Waals surface area contributed by atoms with Crippen molar-refractivity contribution in [3.63, 3.8) is 0 Å². The molecule has 28 heavy (non-hydrogen) atoms. The van der Waals surface area contributed by atoms with E-state index in [9.17, 15) is 22.8 Å². The number of rotatable bonds is 4. The Morgan fingerprint density at radius 1 is 1.29 bits per heavy atom. The molecule has 0 saturated heterocycles. The fraction of sp³-hybridized carbons (Fsp3) is 0.263. The van der Waals surface area contributed by atoms with Crippen LogP contribution >= 0.6 is 0 Å². The zero-order chi connectivity index (χ0) is 20.5. The predicted molar refractivity (Wildman–Crippen MR) is 91.7 cm³/mol. The quantitative estimate of drug-likeness (QED) is 0.796. The van der Waals surface area contributed by atoms with Crippen molar-refractivity contribution in [1.29, 1.82) is 0 Å². The Labute approximate surface area is 158 Å². The number of esters is 1. The number of carbonyl (C=O) groups excluding carboxylic acids is 2. The second-order valence-electron chi connectivity index (χ2n) is 6.16. The molecule has 1 aliphatic heterocycles. The number of urea groups is 1. The largest absolute Gasteiger partial charge is 0.467 e. The number of benzene rings is 1. The second kappa shape index (κ2) is 7.41. The number of methoxy groups -OCH3 is 1. The van der Waals surface area contributed by atoms with Gasteiger partial charge in [0, 0.05) is 5.70 Å². The van der Waals surface area contributed by atoms with Crippen molar-refractivity contribution in [1.82, 2.24) is 10.2 Å². The highest BCUT2D eigenvalue weighted by Crippen LogP contribution is 2.35. The fourth-order valence-electron chi connectivity index (χ4n) is 3.05. The summed E-state index contributed by atoms with van der Waals surface area (Å²) in [6.45, 7) is 1.59. The average Bonchev–Trinajstić information content (AvgIpc) is 3.17. The van der Waals surface area contributed by atoms with Crippen LogP contribution in [0.5, 0.6) is 0 Å². The molecule has 1 aliphatic rings. The number of carbonyl (C=O) groups is 2. The molecule has 0 radical (unpaired) electrons. The van der Waals surface area contributed by atoms with Gasteiger partial charge in [-0.1, -0.05) is 12.1 Å². The SMILES string of the molecule is COC(=O)C1=C(C)N(Cc2ccco2)C(=O)N[C@H]1c1cccc(C(F)(F)F)c1. The van der Waals surface area contributed by atoms with Gasteiger partial charge in [-0.15, -0.1) is 0 Å². The maximum absolute atomic E-state index is 13.1. The Bertz CT molecular complexity index is 920. The molecule has 1 N–H and O–H groups in total. The van der Waals surface area contributed by atoms with Gasteiger partial charge in [0.15, 0.2) is 0 Å². The number of alkyl halides is 3. The Kier molecular flexibility index (Phi) is 5.17. The highest BCUT2D eigenvalue weighted by atomic mass is 19.4. The first-order valence-electron chi connectivity index (χ1n) is 8.29. The Morgan fingerprint density at radius 2 is 2.04 bits per heavy atom. The minimum absolute atomic E-state index is 0.0491. The van der Waals surface area contributed by atoms with Crippen LogP contribution in [0, 0.1) is 0 Å². The first kappa shape index (κ1) is 19.5. The molecule has 9 heteroatoms. The molecular formula is C19H17F3N2O4. The van der Waals surface area contributed by atoms with E-state index in [2.05, 4.69) is 5.32 Å². The number of halogens is 3. The second-order valence-corrected chi connectivity index (χ2v) is 6.16. The molecule has 0 unspecified atom stereocenters. The summed E-state index contributed by atoms with van der Waals surface area (Å²) in [5, 5.41) is 2.59. The third-order valence-corrected chi connectivity index (χ3v) is 4.44. The number of amides is 2. The van der Waals surface area contributed by atoms with Gasteiger partial charge >= 0.3 is 18.2 Å². The predicted octanol–water partition coefficient (Wildman–Crippen LogP) is 4.01. The molecule has 1 aromatic heterocycles. The minimum Gasteiger partial charge on any atom is -0.467 e. The van der Waals surface area contributed by atoms with Crippen LogP contribution in [-0.2, 0) is 22.3 Å². The Hall–Kier alpha value is -3.23. The standard InChI is InChI=1S/C19H17F3N2O4/c1-11-15(17(25)27-2)16(12-5-3-6-13(9-12)19(20,21)22)23-18(26)24(11)10-14-7-4-8-28-14/h3-9,16H,10H2,1-2H3,(H,23,26)/t16-/m0/s1. The van der Waals surface area contributed by atoms with Crippen molar-refractivity contribution in [2.75, 3.05) is 7.11 Å². The summed E-state index contributed by atoms with van der Waals surface area (Å²) in [5.41, 5.74) is -0.429. The summed E-state index contributed by atoms with van der Waals surface area (Å²) in [6.07, 6.45) is -3.10. The lowest BCUT2D eigenvalue weighted by atomic mass is 9.93. The van der Waals surface area contributed by atoms with Crippen molar-refractivity contribution >= 4 is 12.0 Å². The molecule has 0 saturated carbocycles. The van der Waals surface area contributed by atoms with Crippen molar-refractivity contribution in [2.45, 2.75) is 25.7 Å². The van der Waals surface area contributed by atoms with Gasteiger partial charge in [-0.2, -0.15) is 13.2 Å². The normalized spacial score (nSPS) is 17.5. The highest BCUT2D eigenvalue weighted by Gasteiger charge is 2.38. The zero-order valence-electron chi connectivity index (χ0n) is 15.0. The van der Waals surface area contributed by atoms with Crippen molar-refractivity contribution in [3.8, 4) is 0 Å². The van der Waals surface area contributed by atoms with E-state index in [0.717, 1.165) is 12.1 Å². The van der Waals surface area contributed by atoms with Gasteiger partial charge in [0.2, 0.25) is 0 Å². The molecule has 0 bridgehead atoms. The van der Waals surface area contributed by atoms with E-state index in [1.54, 1.807) is 12.1 Å². The third kappa shape index (κ3) is 3.73. The van der Waals surface area contributed by atoms with E-state index >= 15 is 0 Å². The number of ether oxygens (including phenoxy) is 1. The molecule has 6 nitrogen and oxygen atoms in total. The van der Waals surface area contributed by atoms with Gasteiger partial charge in [0.1, 0.15) is 5.76 Å². The molecular weight excluding hydrogens is 377 g/mol. The molecule has 0 fully saturated rings. The van der Waals surface area contributed by atoms with Crippen molar-refractivity contribution in [2.24, 2.45) is 0 Å². The molecule has 1 aromatic carbocycles. The number of nitrogens with one attached hydrogen (secondary N) is 1. The third-order valence-electron chi connectivity index (χ3n) is 4.44. The Balaban J connectivity index is 2.05. The van der Waals surface area contributed by atoms with E-state index in [1.165, 1.54) is 37.3 Å². The summed E-state index contributed by atoms with van der Waals surface area (Å²) in [5.74, 6) is -0.263. The smallest absolute Gasteiger partial charge is 0.416 e. The average molecular weight is 394 g/mol. The summed E-state index contributed by atoms with van der Waals surface area (Å²) >= 11 is 0. The number of nitrogens with zero attached hydrogens (tertiary/aromatic N) is 1. The van der Waals surface area contributed by atoms with E-state index in [0.29, 0.717) is 5.76 Å². The maximum Gasteiger partial charge on any atom is 0.416 e. The first-order valence-corrected chi connectivity index (χ1v) is 8.29.